The lowest BCUT2D eigenvalue weighted by Gasteiger charge is -2.10. The first-order valence-corrected chi connectivity index (χ1v) is 9.16. The molecule has 3 aromatic carbocycles. The van der Waals surface area contributed by atoms with Crippen LogP contribution in [0.15, 0.2) is 85.1 Å². The Balaban J connectivity index is 1.53. The highest BCUT2D eigenvalue weighted by Crippen LogP contribution is 2.28. The van der Waals surface area contributed by atoms with E-state index in [4.69, 9.17) is 9.47 Å². The first-order valence-electron chi connectivity index (χ1n) is 9.16. The highest BCUT2D eigenvalue weighted by atomic mass is 16.5. The summed E-state index contributed by atoms with van der Waals surface area (Å²) < 4.78 is 13.0. The number of hydrogen-bond donors (Lipinski definition) is 0. The van der Waals surface area contributed by atoms with Crippen LogP contribution in [0.4, 0.5) is 0 Å². The van der Waals surface area contributed by atoms with Gasteiger partial charge in [-0.2, -0.15) is 0 Å². The quantitative estimate of drug-likeness (QED) is 0.445. The Morgan fingerprint density at radius 1 is 0.857 bits per heavy atom. The number of rotatable bonds is 6. The predicted molar refractivity (Wildman–Crippen MR) is 110 cm³/mol. The monoisotopic (exact) mass is 371 g/mol. The molecule has 4 rings (SSSR count). The van der Waals surface area contributed by atoms with Crippen LogP contribution < -0.4 is 4.74 Å². The maximum absolute atomic E-state index is 11.6. The lowest BCUT2D eigenvalue weighted by atomic mass is 10.1. The predicted octanol–water partition coefficient (Wildman–Crippen LogP) is 5.06. The van der Waals surface area contributed by atoms with Crippen molar-refractivity contribution in [1.82, 2.24) is 4.57 Å². The minimum Gasteiger partial charge on any atom is -0.488 e. The van der Waals surface area contributed by atoms with Crippen LogP contribution in [0.25, 0.3) is 10.9 Å². The summed E-state index contributed by atoms with van der Waals surface area (Å²) in [5.74, 6) is 0.555. The van der Waals surface area contributed by atoms with E-state index in [2.05, 4.69) is 35.0 Å². The van der Waals surface area contributed by atoms with Crippen LogP contribution in [0.2, 0.25) is 0 Å². The zero-order chi connectivity index (χ0) is 19.3. The summed E-state index contributed by atoms with van der Waals surface area (Å²) in [6, 6.07) is 25.8. The zero-order valence-electron chi connectivity index (χ0n) is 15.7. The average Bonchev–Trinajstić information content (AvgIpc) is 3.16. The van der Waals surface area contributed by atoms with Crippen molar-refractivity contribution < 1.29 is 14.3 Å². The van der Waals surface area contributed by atoms with Crippen LogP contribution in [0.5, 0.6) is 5.75 Å². The molecule has 4 aromatic rings. The van der Waals surface area contributed by atoms with E-state index < -0.39 is 0 Å². The van der Waals surface area contributed by atoms with Gasteiger partial charge >= 0.3 is 5.97 Å². The Labute approximate surface area is 163 Å². The molecular formula is C24H21NO3. The van der Waals surface area contributed by atoms with Crippen LogP contribution in [0, 0.1) is 0 Å². The summed E-state index contributed by atoms with van der Waals surface area (Å²) in [5, 5.41) is 1.09. The van der Waals surface area contributed by atoms with Crippen LogP contribution >= 0.6 is 0 Å². The van der Waals surface area contributed by atoms with Gasteiger partial charge in [0, 0.05) is 18.1 Å². The summed E-state index contributed by atoms with van der Waals surface area (Å²) in [5.41, 5.74) is 3.92. The van der Waals surface area contributed by atoms with E-state index in [0.29, 0.717) is 18.7 Å². The van der Waals surface area contributed by atoms with E-state index >= 15 is 0 Å². The second-order valence-corrected chi connectivity index (χ2v) is 6.60. The lowest BCUT2D eigenvalue weighted by molar-refractivity contribution is 0.0600. The third kappa shape index (κ3) is 3.76. The largest absolute Gasteiger partial charge is 0.488 e. The smallest absolute Gasteiger partial charge is 0.337 e. The van der Waals surface area contributed by atoms with Gasteiger partial charge in [0.2, 0.25) is 0 Å². The van der Waals surface area contributed by atoms with Gasteiger partial charge in [-0.3, -0.25) is 0 Å². The zero-order valence-corrected chi connectivity index (χ0v) is 15.7. The van der Waals surface area contributed by atoms with Gasteiger partial charge in [0.15, 0.2) is 0 Å². The second kappa shape index (κ2) is 8.01. The molecule has 0 bridgehead atoms. The van der Waals surface area contributed by atoms with Crippen molar-refractivity contribution in [1.29, 1.82) is 0 Å². The third-order valence-electron chi connectivity index (χ3n) is 4.74. The molecule has 0 aliphatic rings. The molecule has 4 heteroatoms. The molecule has 0 radical (unpaired) electrons. The molecule has 0 N–H and O–H groups in total. The van der Waals surface area contributed by atoms with E-state index in [1.54, 1.807) is 12.1 Å². The SMILES string of the molecule is COC(=O)c1ccc(Cn2ccc3c(OCc4ccccc4)cccc32)cc1. The number of carbonyl (C=O) groups excluding carboxylic acids is 1. The summed E-state index contributed by atoms with van der Waals surface area (Å²) in [7, 11) is 1.39. The number of ether oxygens (including phenoxy) is 2. The number of fused-ring (bicyclic) bond motifs is 1. The molecule has 28 heavy (non-hydrogen) atoms. The Morgan fingerprint density at radius 2 is 1.64 bits per heavy atom. The summed E-state index contributed by atoms with van der Waals surface area (Å²) >= 11 is 0. The number of methoxy groups -OCH3 is 1. The van der Waals surface area contributed by atoms with Gasteiger partial charge < -0.3 is 14.0 Å². The van der Waals surface area contributed by atoms with Gasteiger partial charge in [0.25, 0.3) is 0 Å². The molecule has 0 aliphatic heterocycles. The maximum atomic E-state index is 11.6. The Hall–Kier alpha value is -3.53. The fourth-order valence-electron chi connectivity index (χ4n) is 3.26. The molecule has 0 spiro atoms. The van der Waals surface area contributed by atoms with Gasteiger partial charge in [-0.05, 0) is 41.5 Å². The number of esters is 1. The second-order valence-electron chi connectivity index (χ2n) is 6.60. The van der Waals surface area contributed by atoms with Crippen molar-refractivity contribution in [3.8, 4) is 5.75 Å². The highest BCUT2D eigenvalue weighted by Gasteiger charge is 2.09. The number of aromatic nitrogens is 1. The van der Waals surface area contributed by atoms with Crippen LogP contribution in [-0.2, 0) is 17.9 Å². The van der Waals surface area contributed by atoms with E-state index in [9.17, 15) is 4.79 Å². The summed E-state index contributed by atoms with van der Waals surface area (Å²) in [6.07, 6.45) is 2.06. The van der Waals surface area contributed by atoms with Gasteiger partial charge in [-0.15, -0.1) is 0 Å². The molecule has 0 unspecified atom stereocenters. The van der Waals surface area contributed by atoms with Crippen molar-refractivity contribution in [3.63, 3.8) is 0 Å². The van der Waals surface area contributed by atoms with Gasteiger partial charge in [-0.1, -0.05) is 48.5 Å². The lowest BCUT2D eigenvalue weighted by Crippen LogP contribution is -2.02. The molecule has 0 amide bonds. The summed E-state index contributed by atoms with van der Waals surface area (Å²) in [4.78, 5) is 11.6. The van der Waals surface area contributed by atoms with Crippen LogP contribution in [0.1, 0.15) is 21.5 Å². The van der Waals surface area contributed by atoms with Gasteiger partial charge in [0.05, 0.1) is 18.2 Å². The third-order valence-corrected chi connectivity index (χ3v) is 4.74. The Morgan fingerprint density at radius 3 is 2.39 bits per heavy atom. The van der Waals surface area contributed by atoms with Crippen molar-refractivity contribution in [2.45, 2.75) is 13.2 Å². The molecule has 1 aromatic heterocycles. The van der Waals surface area contributed by atoms with Crippen molar-refractivity contribution in [3.05, 3.63) is 102 Å². The van der Waals surface area contributed by atoms with E-state index in [0.717, 1.165) is 27.8 Å². The molecule has 4 nitrogen and oxygen atoms in total. The number of benzene rings is 3. The van der Waals surface area contributed by atoms with Crippen molar-refractivity contribution in [2.24, 2.45) is 0 Å². The molecule has 0 atom stereocenters. The Kier molecular flexibility index (Phi) is 5.11. The molecule has 1 heterocycles. The van der Waals surface area contributed by atoms with E-state index in [-0.39, 0.29) is 5.97 Å². The Bertz CT molecular complexity index is 1080. The van der Waals surface area contributed by atoms with Crippen molar-refractivity contribution >= 4 is 16.9 Å². The number of carbonyl (C=O) groups is 1. The van der Waals surface area contributed by atoms with Gasteiger partial charge in [0.1, 0.15) is 12.4 Å². The first kappa shape index (κ1) is 17.9. The van der Waals surface area contributed by atoms with Crippen LogP contribution in [-0.4, -0.2) is 17.6 Å². The minimum absolute atomic E-state index is 0.321. The normalized spacial score (nSPS) is 10.8. The maximum Gasteiger partial charge on any atom is 0.337 e. The first-order chi connectivity index (χ1) is 13.7. The fraction of sp³-hybridized carbons (Fsp3) is 0.125. The molecule has 140 valence electrons. The molecule has 0 saturated heterocycles. The molecule has 0 fully saturated rings. The van der Waals surface area contributed by atoms with E-state index in [1.807, 2.05) is 42.5 Å². The highest BCUT2D eigenvalue weighted by molar-refractivity contribution is 5.89. The molecule has 0 saturated carbocycles. The average molecular weight is 371 g/mol. The number of hydrogen-bond acceptors (Lipinski definition) is 3. The topological polar surface area (TPSA) is 40.5 Å². The van der Waals surface area contributed by atoms with Gasteiger partial charge in [-0.25, -0.2) is 4.79 Å². The molecule has 0 aliphatic carbocycles. The number of nitrogens with zero attached hydrogens (tertiary/aromatic N) is 1. The standard InChI is InChI=1S/C24H21NO3/c1-27-24(26)20-12-10-18(11-13-20)16-25-15-14-21-22(25)8-5-9-23(21)28-17-19-6-3-2-4-7-19/h2-15H,16-17H2,1H3. The van der Waals surface area contributed by atoms with E-state index in [1.165, 1.54) is 7.11 Å². The molecular weight excluding hydrogens is 350 g/mol. The fourth-order valence-corrected chi connectivity index (χ4v) is 3.26. The minimum atomic E-state index is -0.321. The van der Waals surface area contributed by atoms with Crippen molar-refractivity contribution in [2.75, 3.05) is 7.11 Å². The summed E-state index contributed by atoms with van der Waals surface area (Å²) in [6.45, 7) is 1.26. The van der Waals surface area contributed by atoms with Crippen LogP contribution in [0.3, 0.4) is 0 Å².